The van der Waals surface area contributed by atoms with Gasteiger partial charge in [-0.25, -0.2) is 9.97 Å². The van der Waals surface area contributed by atoms with Crippen molar-refractivity contribution in [3.05, 3.63) is 12.4 Å². The van der Waals surface area contributed by atoms with Gasteiger partial charge in [0.15, 0.2) is 5.78 Å². The first kappa shape index (κ1) is 10.5. The quantitative estimate of drug-likeness (QED) is 0.849. The Kier molecular flexibility index (Phi) is 2.66. The summed E-state index contributed by atoms with van der Waals surface area (Å²) in [6, 6.07) is 2.53. The molecule has 3 rings (SSSR count). The molecule has 2 fully saturated rings. The molecular weight excluding hydrogens is 216 g/mol. The predicted molar refractivity (Wildman–Crippen MR) is 65.1 cm³/mol. The summed E-state index contributed by atoms with van der Waals surface area (Å²) in [5.74, 6) is 2.03. The summed E-state index contributed by atoms with van der Waals surface area (Å²) in [5.41, 5.74) is 0. The van der Waals surface area contributed by atoms with Crippen LogP contribution in [0.15, 0.2) is 12.4 Å². The molecule has 1 aliphatic heterocycles. The molecule has 1 saturated carbocycles. The van der Waals surface area contributed by atoms with Crippen molar-refractivity contribution in [3.63, 3.8) is 0 Å². The topological polar surface area (TPSA) is 58.1 Å². The summed E-state index contributed by atoms with van der Waals surface area (Å²) in [5, 5.41) is 3.34. The highest BCUT2D eigenvalue weighted by Gasteiger charge is 2.22. The fourth-order valence-corrected chi connectivity index (χ4v) is 2.07. The molecule has 1 aromatic rings. The fourth-order valence-electron chi connectivity index (χ4n) is 2.07. The molecule has 5 nitrogen and oxygen atoms in total. The van der Waals surface area contributed by atoms with Crippen LogP contribution in [0.3, 0.4) is 0 Å². The van der Waals surface area contributed by atoms with Crippen LogP contribution in [0.4, 0.5) is 11.6 Å². The van der Waals surface area contributed by atoms with E-state index in [9.17, 15) is 4.79 Å². The molecule has 0 atom stereocenters. The van der Waals surface area contributed by atoms with Crippen molar-refractivity contribution < 1.29 is 4.79 Å². The SMILES string of the molecule is O=C1CCCN(c2cc(NC3CC3)ncn2)C1. The molecule has 1 aliphatic carbocycles. The van der Waals surface area contributed by atoms with Gasteiger partial charge in [-0.15, -0.1) is 0 Å². The molecule has 0 amide bonds. The first-order valence-electron chi connectivity index (χ1n) is 6.16. The molecule has 0 spiro atoms. The second-order valence-electron chi connectivity index (χ2n) is 4.74. The lowest BCUT2D eigenvalue weighted by atomic mass is 10.1. The molecule has 1 aromatic heterocycles. The number of Topliss-reactive ketones (excluding diaryl/α,β-unsaturated/α-hetero) is 1. The molecule has 0 aromatic carbocycles. The van der Waals surface area contributed by atoms with Gasteiger partial charge in [-0.3, -0.25) is 4.79 Å². The molecule has 2 aliphatic rings. The smallest absolute Gasteiger partial charge is 0.152 e. The third kappa shape index (κ3) is 2.54. The van der Waals surface area contributed by atoms with Gasteiger partial charge < -0.3 is 10.2 Å². The highest BCUT2D eigenvalue weighted by atomic mass is 16.1. The number of rotatable bonds is 3. The van der Waals surface area contributed by atoms with Crippen LogP contribution in [0.1, 0.15) is 25.7 Å². The minimum Gasteiger partial charge on any atom is -0.367 e. The first-order chi connectivity index (χ1) is 8.31. The van der Waals surface area contributed by atoms with Crippen LogP contribution in [0.2, 0.25) is 0 Å². The van der Waals surface area contributed by atoms with Gasteiger partial charge in [-0.05, 0) is 19.3 Å². The maximum Gasteiger partial charge on any atom is 0.152 e. The van der Waals surface area contributed by atoms with Gasteiger partial charge in [0.25, 0.3) is 0 Å². The zero-order valence-electron chi connectivity index (χ0n) is 9.72. The molecule has 5 heteroatoms. The van der Waals surface area contributed by atoms with Gasteiger partial charge in [0, 0.05) is 25.1 Å². The van der Waals surface area contributed by atoms with E-state index >= 15 is 0 Å². The largest absolute Gasteiger partial charge is 0.367 e. The summed E-state index contributed by atoms with van der Waals surface area (Å²) >= 11 is 0. The van der Waals surface area contributed by atoms with Crippen LogP contribution in [0.5, 0.6) is 0 Å². The molecule has 1 N–H and O–H groups in total. The van der Waals surface area contributed by atoms with E-state index in [0.29, 0.717) is 24.8 Å². The van der Waals surface area contributed by atoms with Gasteiger partial charge >= 0.3 is 0 Å². The molecule has 2 heterocycles. The van der Waals surface area contributed by atoms with Crippen LogP contribution in [0.25, 0.3) is 0 Å². The molecular formula is C12H16N4O. The maximum absolute atomic E-state index is 11.4. The zero-order valence-corrected chi connectivity index (χ0v) is 9.72. The maximum atomic E-state index is 11.4. The lowest BCUT2D eigenvalue weighted by molar-refractivity contribution is -0.118. The van der Waals surface area contributed by atoms with Crippen molar-refractivity contribution in [2.24, 2.45) is 0 Å². The Morgan fingerprint density at radius 2 is 2.24 bits per heavy atom. The number of hydrogen-bond acceptors (Lipinski definition) is 5. The van der Waals surface area contributed by atoms with Crippen LogP contribution < -0.4 is 10.2 Å². The zero-order chi connectivity index (χ0) is 11.7. The monoisotopic (exact) mass is 232 g/mol. The van der Waals surface area contributed by atoms with Crippen LogP contribution in [-0.4, -0.2) is 34.9 Å². The van der Waals surface area contributed by atoms with Crippen molar-refractivity contribution >= 4 is 17.4 Å². The van der Waals surface area contributed by atoms with Crippen LogP contribution in [-0.2, 0) is 4.79 Å². The number of piperidine rings is 1. The minimum absolute atomic E-state index is 0.298. The van der Waals surface area contributed by atoms with Crippen molar-refractivity contribution in [3.8, 4) is 0 Å². The van der Waals surface area contributed by atoms with E-state index in [-0.39, 0.29) is 0 Å². The van der Waals surface area contributed by atoms with Gasteiger partial charge in [-0.1, -0.05) is 0 Å². The fraction of sp³-hybridized carbons (Fsp3) is 0.583. The summed E-state index contributed by atoms with van der Waals surface area (Å²) < 4.78 is 0. The number of ketones is 1. The molecule has 0 bridgehead atoms. The van der Waals surface area contributed by atoms with E-state index in [1.54, 1.807) is 6.33 Å². The van der Waals surface area contributed by atoms with Crippen molar-refractivity contribution in [1.29, 1.82) is 0 Å². The Hall–Kier alpha value is -1.65. The molecule has 0 radical (unpaired) electrons. The summed E-state index contributed by atoms with van der Waals surface area (Å²) in [6.45, 7) is 1.39. The van der Waals surface area contributed by atoms with Gasteiger partial charge in [-0.2, -0.15) is 0 Å². The summed E-state index contributed by atoms with van der Waals surface area (Å²) in [4.78, 5) is 21.9. The van der Waals surface area contributed by atoms with Gasteiger partial charge in [0.2, 0.25) is 0 Å². The normalized spacial score (nSPS) is 20.5. The van der Waals surface area contributed by atoms with E-state index in [4.69, 9.17) is 0 Å². The van der Waals surface area contributed by atoms with Gasteiger partial charge in [0.05, 0.1) is 6.54 Å². The highest BCUT2D eigenvalue weighted by Crippen LogP contribution is 2.25. The van der Waals surface area contributed by atoms with Crippen molar-refractivity contribution in [2.75, 3.05) is 23.3 Å². The Morgan fingerprint density at radius 3 is 3.00 bits per heavy atom. The Morgan fingerprint density at radius 1 is 1.35 bits per heavy atom. The lowest BCUT2D eigenvalue weighted by Gasteiger charge is -2.26. The minimum atomic E-state index is 0.298. The van der Waals surface area contributed by atoms with Crippen molar-refractivity contribution in [2.45, 2.75) is 31.7 Å². The van der Waals surface area contributed by atoms with E-state index in [2.05, 4.69) is 15.3 Å². The average Bonchev–Trinajstić information content (AvgIpc) is 3.13. The Balaban J connectivity index is 1.74. The van der Waals surface area contributed by atoms with Crippen LogP contribution >= 0.6 is 0 Å². The number of nitrogens with one attached hydrogen (secondary N) is 1. The standard InChI is InChI=1S/C12H16N4O/c17-10-2-1-5-16(7-10)12-6-11(13-8-14-12)15-9-3-4-9/h6,8-9H,1-5,7H2,(H,13,14,15). The van der Waals surface area contributed by atoms with Gasteiger partial charge in [0.1, 0.15) is 18.0 Å². The lowest BCUT2D eigenvalue weighted by Crippen LogP contribution is -2.36. The number of nitrogens with zero attached hydrogens (tertiary/aromatic N) is 3. The number of hydrogen-bond donors (Lipinski definition) is 1. The molecule has 1 saturated heterocycles. The molecule has 17 heavy (non-hydrogen) atoms. The summed E-state index contributed by atoms with van der Waals surface area (Å²) in [6.07, 6.45) is 5.64. The average molecular weight is 232 g/mol. The van der Waals surface area contributed by atoms with Crippen LogP contribution in [0, 0.1) is 0 Å². The second kappa shape index (κ2) is 4.31. The van der Waals surface area contributed by atoms with E-state index in [1.165, 1.54) is 12.8 Å². The highest BCUT2D eigenvalue weighted by molar-refractivity contribution is 5.84. The van der Waals surface area contributed by atoms with E-state index in [0.717, 1.165) is 24.6 Å². The molecule has 90 valence electrons. The van der Waals surface area contributed by atoms with E-state index in [1.807, 2.05) is 11.0 Å². The second-order valence-corrected chi connectivity index (χ2v) is 4.74. The third-order valence-electron chi connectivity index (χ3n) is 3.16. The first-order valence-corrected chi connectivity index (χ1v) is 6.16. The Bertz CT molecular complexity index is 430. The Labute approximate surface area is 100 Å². The number of carbonyl (C=O) groups is 1. The number of aromatic nitrogens is 2. The van der Waals surface area contributed by atoms with Crippen molar-refractivity contribution in [1.82, 2.24) is 9.97 Å². The molecule has 0 unspecified atom stereocenters. The predicted octanol–water partition coefficient (Wildman–Crippen LogP) is 1.22. The number of carbonyl (C=O) groups excluding carboxylic acids is 1. The third-order valence-corrected chi connectivity index (χ3v) is 3.16. The van der Waals surface area contributed by atoms with E-state index < -0.39 is 0 Å². The summed E-state index contributed by atoms with van der Waals surface area (Å²) in [7, 11) is 0. The number of anilines is 2.